The standard InChI is InChI=1S/C19H13ClF3NO2/c1-11(12-5-3-2-4-6-12)24-17(25)15(13-7-9-14(20)10-8-13)16(18(24)26)19(21,22)23/h2-11H,1H3/t11-/m1/s1. The van der Waals surface area contributed by atoms with Crippen molar-refractivity contribution >= 4 is 29.0 Å². The number of amides is 2. The highest BCUT2D eigenvalue weighted by molar-refractivity contribution is 6.36. The Morgan fingerprint density at radius 2 is 1.50 bits per heavy atom. The van der Waals surface area contributed by atoms with Crippen LogP contribution in [0.3, 0.4) is 0 Å². The Morgan fingerprint density at radius 3 is 2.04 bits per heavy atom. The van der Waals surface area contributed by atoms with E-state index in [1.807, 2.05) is 0 Å². The molecule has 26 heavy (non-hydrogen) atoms. The summed E-state index contributed by atoms with van der Waals surface area (Å²) < 4.78 is 40.7. The zero-order valence-corrected chi connectivity index (χ0v) is 14.3. The monoisotopic (exact) mass is 379 g/mol. The van der Waals surface area contributed by atoms with E-state index in [1.165, 1.54) is 31.2 Å². The predicted octanol–water partition coefficient (Wildman–Crippen LogP) is 4.79. The van der Waals surface area contributed by atoms with Crippen molar-refractivity contribution in [3.8, 4) is 0 Å². The molecule has 7 heteroatoms. The molecule has 134 valence electrons. The fourth-order valence-electron chi connectivity index (χ4n) is 2.93. The lowest BCUT2D eigenvalue weighted by Crippen LogP contribution is -2.35. The summed E-state index contributed by atoms with van der Waals surface area (Å²) >= 11 is 5.77. The SMILES string of the molecule is C[C@H](c1ccccc1)N1C(=O)C(c2ccc(Cl)cc2)=C(C(F)(F)F)C1=O. The summed E-state index contributed by atoms with van der Waals surface area (Å²) in [6, 6.07) is 12.9. The van der Waals surface area contributed by atoms with E-state index in [0.29, 0.717) is 15.5 Å². The zero-order valence-electron chi connectivity index (χ0n) is 13.5. The first kappa shape index (κ1) is 18.2. The quantitative estimate of drug-likeness (QED) is 0.719. The highest BCUT2D eigenvalue weighted by Crippen LogP contribution is 2.42. The Labute approximate surface area is 152 Å². The average molecular weight is 380 g/mol. The van der Waals surface area contributed by atoms with E-state index in [9.17, 15) is 22.8 Å². The van der Waals surface area contributed by atoms with Gasteiger partial charge < -0.3 is 0 Å². The first-order valence-corrected chi connectivity index (χ1v) is 8.10. The molecule has 2 aromatic rings. The van der Waals surface area contributed by atoms with Crippen LogP contribution in [0.1, 0.15) is 24.1 Å². The van der Waals surface area contributed by atoms with Crippen LogP contribution in [-0.2, 0) is 9.59 Å². The lowest BCUT2D eigenvalue weighted by Gasteiger charge is -2.24. The highest BCUT2D eigenvalue weighted by Gasteiger charge is 2.52. The molecule has 0 N–H and O–H groups in total. The molecular formula is C19H13ClF3NO2. The van der Waals surface area contributed by atoms with E-state index >= 15 is 0 Å². The molecule has 0 spiro atoms. The number of carbonyl (C=O) groups is 2. The van der Waals surface area contributed by atoms with Gasteiger partial charge >= 0.3 is 6.18 Å². The molecule has 0 radical (unpaired) electrons. The van der Waals surface area contributed by atoms with Crippen LogP contribution in [0.2, 0.25) is 5.02 Å². The Kier molecular flexibility index (Phi) is 4.63. The van der Waals surface area contributed by atoms with Gasteiger partial charge in [0, 0.05) is 5.02 Å². The molecule has 1 heterocycles. The van der Waals surface area contributed by atoms with Gasteiger partial charge in [-0.1, -0.05) is 54.1 Å². The first-order chi connectivity index (χ1) is 12.2. The van der Waals surface area contributed by atoms with Crippen molar-refractivity contribution in [1.82, 2.24) is 4.90 Å². The van der Waals surface area contributed by atoms with Crippen LogP contribution >= 0.6 is 11.6 Å². The number of carbonyl (C=O) groups excluding carboxylic acids is 2. The topological polar surface area (TPSA) is 37.4 Å². The van der Waals surface area contributed by atoms with Crippen molar-refractivity contribution in [2.75, 3.05) is 0 Å². The van der Waals surface area contributed by atoms with Crippen molar-refractivity contribution in [2.24, 2.45) is 0 Å². The van der Waals surface area contributed by atoms with Crippen molar-refractivity contribution in [3.05, 3.63) is 76.3 Å². The second kappa shape index (κ2) is 6.61. The molecule has 2 amide bonds. The third-order valence-electron chi connectivity index (χ3n) is 4.20. The minimum absolute atomic E-state index is 0.00263. The molecular weight excluding hydrogens is 367 g/mol. The molecule has 3 rings (SSSR count). The highest BCUT2D eigenvalue weighted by atomic mass is 35.5. The molecule has 0 saturated carbocycles. The van der Waals surface area contributed by atoms with Crippen LogP contribution in [0.15, 0.2) is 60.2 Å². The lowest BCUT2D eigenvalue weighted by atomic mass is 10.0. The summed E-state index contributed by atoms with van der Waals surface area (Å²) in [5, 5.41) is 0.314. The van der Waals surface area contributed by atoms with Crippen molar-refractivity contribution in [2.45, 2.75) is 19.1 Å². The number of rotatable bonds is 3. The Morgan fingerprint density at radius 1 is 0.923 bits per heavy atom. The number of nitrogens with zero attached hydrogens (tertiary/aromatic N) is 1. The van der Waals surface area contributed by atoms with Gasteiger partial charge in [-0.25, -0.2) is 0 Å². The normalized spacial score (nSPS) is 16.4. The van der Waals surface area contributed by atoms with Crippen molar-refractivity contribution < 1.29 is 22.8 Å². The third kappa shape index (κ3) is 3.12. The third-order valence-corrected chi connectivity index (χ3v) is 4.45. The smallest absolute Gasteiger partial charge is 0.269 e. The number of halogens is 4. The number of imide groups is 1. The largest absolute Gasteiger partial charge is 0.422 e. The van der Waals surface area contributed by atoms with E-state index in [-0.39, 0.29) is 5.56 Å². The van der Waals surface area contributed by atoms with E-state index in [1.54, 1.807) is 30.3 Å². The van der Waals surface area contributed by atoms with Crippen LogP contribution < -0.4 is 0 Å². The van der Waals surface area contributed by atoms with Gasteiger partial charge in [-0.15, -0.1) is 0 Å². The van der Waals surface area contributed by atoms with Gasteiger partial charge in [-0.2, -0.15) is 13.2 Å². The van der Waals surface area contributed by atoms with Gasteiger partial charge in [0.05, 0.1) is 11.6 Å². The van der Waals surface area contributed by atoms with Gasteiger partial charge in [0.15, 0.2) is 0 Å². The van der Waals surface area contributed by atoms with Gasteiger partial charge in [-0.3, -0.25) is 14.5 Å². The summed E-state index contributed by atoms with van der Waals surface area (Å²) in [6.45, 7) is 1.52. The molecule has 3 nitrogen and oxygen atoms in total. The van der Waals surface area contributed by atoms with Crippen LogP contribution in [0.25, 0.3) is 5.57 Å². The Hall–Kier alpha value is -2.60. The summed E-state index contributed by atoms with van der Waals surface area (Å²) in [6.07, 6.45) is -4.95. The van der Waals surface area contributed by atoms with Gasteiger partial charge in [0.1, 0.15) is 5.57 Å². The minimum Gasteiger partial charge on any atom is -0.269 e. The van der Waals surface area contributed by atoms with E-state index in [0.717, 1.165) is 0 Å². The molecule has 2 aromatic carbocycles. The maximum Gasteiger partial charge on any atom is 0.422 e. The molecule has 1 aliphatic rings. The van der Waals surface area contributed by atoms with Crippen LogP contribution in [0.4, 0.5) is 13.2 Å². The summed E-state index contributed by atoms with van der Waals surface area (Å²) in [5.41, 5.74) is -1.54. The summed E-state index contributed by atoms with van der Waals surface area (Å²) in [7, 11) is 0. The Bertz CT molecular complexity index is 889. The van der Waals surface area contributed by atoms with Crippen molar-refractivity contribution in [3.63, 3.8) is 0 Å². The Balaban J connectivity index is 2.11. The number of hydrogen-bond acceptors (Lipinski definition) is 2. The maximum absolute atomic E-state index is 13.6. The second-order valence-corrected chi connectivity index (χ2v) is 6.26. The molecule has 0 unspecified atom stereocenters. The molecule has 1 aliphatic heterocycles. The maximum atomic E-state index is 13.6. The number of benzene rings is 2. The number of alkyl halides is 3. The minimum atomic E-state index is -4.95. The van der Waals surface area contributed by atoms with E-state index in [4.69, 9.17) is 11.6 Å². The van der Waals surface area contributed by atoms with Gasteiger partial charge in [-0.05, 0) is 30.2 Å². The second-order valence-electron chi connectivity index (χ2n) is 5.82. The van der Waals surface area contributed by atoms with Gasteiger partial charge in [0.25, 0.3) is 11.8 Å². The predicted molar refractivity (Wildman–Crippen MR) is 91.1 cm³/mol. The average Bonchev–Trinajstić information content (AvgIpc) is 2.86. The molecule has 0 bridgehead atoms. The number of hydrogen-bond donors (Lipinski definition) is 0. The molecule has 0 aliphatic carbocycles. The van der Waals surface area contributed by atoms with E-state index in [2.05, 4.69) is 0 Å². The summed E-state index contributed by atoms with van der Waals surface area (Å²) in [4.78, 5) is 26.0. The van der Waals surface area contributed by atoms with Crippen LogP contribution in [0.5, 0.6) is 0 Å². The van der Waals surface area contributed by atoms with Gasteiger partial charge in [0.2, 0.25) is 0 Å². The molecule has 1 atom stereocenters. The fraction of sp³-hybridized carbons (Fsp3) is 0.158. The molecule has 0 fully saturated rings. The zero-order chi connectivity index (χ0) is 19.1. The molecule has 0 saturated heterocycles. The lowest BCUT2D eigenvalue weighted by molar-refractivity contribution is -0.144. The first-order valence-electron chi connectivity index (χ1n) is 7.72. The van der Waals surface area contributed by atoms with E-state index < -0.39 is 35.2 Å². The van der Waals surface area contributed by atoms with Crippen molar-refractivity contribution in [1.29, 1.82) is 0 Å². The van der Waals surface area contributed by atoms with Crippen LogP contribution in [0, 0.1) is 0 Å². The fourth-order valence-corrected chi connectivity index (χ4v) is 3.05. The summed E-state index contributed by atoms with van der Waals surface area (Å²) in [5.74, 6) is -2.31. The molecule has 0 aromatic heterocycles. The van der Waals surface area contributed by atoms with Crippen LogP contribution in [-0.4, -0.2) is 22.9 Å².